The zero-order valence-corrected chi connectivity index (χ0v) is 23.5. The Bertz CT molecular complexity index is 1340. The van der Waals surface area contributed by atoms with Crippen molar-refractivity contribution in [3.8, 4) is 5.75 Å². The molecular weight excluding hydrogens is 518 g/mol. The maximum absolute atomic E-state index is 13.5. The lowest BCUT2D eigenvalue weighted by Crippen LogP contribution is -2.47. The van der Waals surface area contributed by atoms with Crippen LogP contribution in [0.1, 0.15) is 49.3 Å². The fraction of sp³-hybridized carbons (Fsp3) is 0.448. The number of benzene rings is 2. The van der Waals surface area contributed by atoms with Gasteiger partial charge >= 0.3 is 0 Å². The van der Waals surface area contributed by atoms with Crippen LogP contribution in [-0.4, -0.2) is 64.5 Å². The molecule has 1 aromatic heterocycles. The first-order valence-corrected chi connectivity index (χ1v) is 13.8. The molecule has 0 fully saturated rings. The molecule has 1 atom stereocenters. The van der Waals surface area contributed by atoms with Crippen LogP contribution in [0.5, 0.6) is 5.75 Å². The van der Waals surface area contributed by atoms with Crippen molar-refractivity contribution in [1.29, 1.82) is 0 Å². The summed E-state index contributed by atoms with van der Waals surface area (Å²) in [5.74, 6) is 0.762. The third-order valence-corrected chi connectivity index (χ3v) is 6.95. The van der Waals surface area contributed by atoms with Crippen molar-refractivity contribution in [2.75, 3.05) is 26.2 Å². The number of rotatable bonds is 4. The van der Waals surface area contributed by atoms with Crippen molar-refractivity contribution in [2.45, 2.75) is 52.6 Å². The average Bonchev–Trinajstić information content (AvgIpc) is 3.20. The minimum absolute atomic E-state index is 0.0579. The number of hydrogen-bond donors (Lipinski definition) is 2. The Balaban J connectivity index is 1.53. The van der Waals surface area contributed by atoms with Gasteiger partial charge in [0.15, 0.2) is 0 Å². The predicted molar refractivity (Wildman–Crippen MR) is 151 cm³/mol. The SMILES string of the molecule is Cc1nc2ccccc2n1CC(=O)N1CCCCNC(=O)c2cc(Cl)ccc2OC[C@@H](CC(C)C)NC(=O)C1. The molecule has 0 spiro atoms. The van der Waals surface area contributed by atoms with Gasteiger partial charge in [0.05, 0.1) is 29.2 Å². The van der Waals surface area contributed by atoms with Crippen LogP contribution in [0, 0.1) is 12.8 Å². The second-order valence-corrected chi connectivity index (χ2v) is 10.8. The fourth-order valence-corrected chi connectivity index (χ4v) is 5.00. The molecule has 2 N–H and O–H groups in total. The van der Waals surface area contributed by atoms with Gasteiger partial charge in [-0.1, -0.05) is 37.6 Å². The molecule has 1 aliphatic rings. The van der Waals surface area contributed by atoms with Gasteiger partial charge < -0.3 is 24.8 Å². The van der Waals surface area contributed by atoms with Crippen molar-refractivity contribution >= 4 is 40.4 Å². The highest BCUT2D eigenvalue weighted by Crippen LogP contribution is 2.24. The van der Waals surface area contributed by atoms with E-state index in [-0.39, 0.29) is 43.5 Å². The number of ether oxygens (including phenoxy) is 1. The normalized spacial score (nSPS) is 17.6. The molecule has 0 unspecified atom stereocenters. The summed E-state index contributed by atoms with van der Waals surface area (Å²) in [5.41, 5.74) is 2.06. The van der Waals surface area contributed by atoms with E-state index in [4.69, 9.17) is 16.3 Å². The number of imidazole rings is 1. The largest absolute Gasteiger partial charge is 0.491 e. The van der Waals surface area contributed by atoms with Crippen molar-refractivity contribution in [2.24, 2.45) is 5.92 Å². The van der Waals surface area contributed by atoms with Crippen LogP contribution in [0.25, 0.3) is 11.0 Å². The van der Waals surface area contributed by atoms with E-state index in [0.29, 0.717) is 54.6 Å². The molecule has 10 heteroatoms. The number of carbonyl (C=O) groups is 3. The van der Waals surface area contributed by atoms with Gasteiger partial charge in [-0.25, -0.2) is 4.98 Å². The number of para-hydroxylation sites is 2. The third-order valence-electron chi connectivity index (χ3n) is 6.71. The summed E-state index contributed by atoms with van der Waals surface area (Å²) >= 11 is 6.16. The van der Waals surface area contributed by atoms with E-state index >= 15 is 0 Å². The predicted octanol–water partition coefficient (Wildman–Crippen LogP) is 3.96. The molecule has 0 saturated heterocycles. The molecule has 4 rings (SSSR count). The van der Waals surface area contributed by atoms with E-state index in [9.17, 15) is 14.4 Å². The highest BCUT2D eigenvalue weighted by atomic mass is 35.5. The summed E-state index contributed by atoms with van der Waals surface area (Å²) in [5, 5.41) is 6.41. The second kappa shape index (κ2) is 13.0. The number of aromatic nitrogens is 2. The lowest BCUT2D eigenvalue weighted by Gasteiger charge is -2.26. The van der Waals surface area contributed by atoms with Gasteiger partial charge in [0.25, 0.3) is 5.91 Å². The van der Waals surface area contributed by atoms with Gasteiger partial charge in [0.2, 0.25) is 11.8 Å². The summed E-state index contributed by atoms with van der Waals surface area (Å²) in [6.45, 7) is 7.02. The van der Waals surface area contributed by atoms with Gasteiger partial charge in [-0.15, -0.1) is 0 Å². The monoisotopic (exact) mass is 553 g/mol. The first-order valence-electron chi connectivity index (χ1n) is 13.4. The lowest BCUT2D eigenvalue weighted by molar-refractivity contribution is -0.137. The van der Waals surface area contributed by atoms with E-state index in [1.165, 1.54) is 0 Å². The maximum Gasteiger partial charge on any atom is 0.255 e. The van der Waals surface area contributed by atoms with Crippen LogP contribution in [0.4, 0.5) is 0 Å². The molecule has 208 valence electrons. The molecule has 3 amide bonds. The molecule has 0 aliphatic carbocycles. The van der Waals surface area contributed by atoms with Crippen LogP contribution >= 0.6 is 11.6 Å². The van der Waals surface area contributed by atoms with Crippen molar-refractivity contribution in [1.82, 2.24) is 25.1 Å². The number of nitrogens with one attached hydrogen (secondary N) is 2. The second-order valence-electron chi connectivity index (χ2n) is 10.4. The van der Waals surface area contributed by atoms with Crippen LogP contribution < -0.4 is 15.4 Å². The zero-order chi connectivity index (χ0) is 27.9. The minimum atomic E-state index is -0.300. The number of amides is 3. The quantitative estimate of drug-likeness (QED) is 0.509. The van der Waals surface area contributed by atoms with E-state index in [2.05, 4.69) is 29.5 Å². The Labute approximate surface area is 233 Å². The number of aryl methyl sites for hydroxylation is 1. The Morgan fingerprint density at radius 3 is 2.77 bits per heavy atom. The molecule has 0 bridgehead atoms. The van der Waals surface area contributed by atoms with Gasteiger partial charge in [-0.2, -0.15) is 0 Å². The Kier molecular flexibility index (Phi) is 9.45. The topological polar surface area (TPSA) is 106 Å². The van der Waals surface area contributed by atoms with E-state index in [0.717, 1.165) is 16.9 Å². The Hall–Kier alpha value is -3.59. The molecule has 1 aliphatic heterocycles. The van der Waals surface area contributed by atoms with Crippen LogP contribution in [0.2, 0.25) is 5.02 Å². The summed E-state index contributed by atoms with van der Waals surface area (Å²) in [7, 11) is 0. The first kappa shape index (κ1) is 28.4. The van der Waals surface area contributed by atoms with E-state index < -0.39 is 0 Å². The van der Waals surface area contributed by atoms with Crippen LogP contribution in [0.15, 0.2) is 42.5 Å². The molecule has 39 heavy (non-hydrogen) atoms. The minimum Gasteiger partial charge on any atom is -0.491 e. The average molecular weight is 554 g/mol. The smallest absolute Gasteiger partial charge is 0.255 e. The number of halogens is 1. The standard InChI is InChI=1S/C29H36ClN5O4/c1-19(2)14-22-18-39-26-11-10-21(30)15-23(26)29(38)31-12-6-7-13-34(16-27(36)33-22)28(37)17-35-20(3)32-24-8-4-5-9-25(24)35/h4-5,8-11,15,19,22H,6-7,12-14,16-18H2,1-3H3,(H,31,38)(H,33,36)/t22-/m1/s1. The number of carbonyl (C=O) groups excluding carboxylic acids is 3. The van der Waals surface area contributed by atoms with Crippen molar-refractivity contribution in [3.05, 3.63) is 58.9 Å². The van der Waals surface area contributed by atoms with Crippen LogP contribution in [0.3, 0.4) is 0 Å². The maximum atomic E-state index is 13.5. The molecular formula is C29H36ClN5O4. The highest BCUT2D eigenvalue weighted by Gasteiger charge is 2.23. The number of fused-ring (bicyclic) bond motifs is 2. The summed E-state index contributed by atoms with van der Waals surface area (Å²) in [6.07, 6.45) is 1.93. The van der Waals surface area contributed by atoms with Gasteiger partial charge in [0, 0.05) is 18.1 Å². The van der Waals surface area contributed by atoms with Crippen molar-refractivity contribution < 1.29 is 19.1 Å². The van der Waals surface area contributed by atoms with E-state index in [1.54, 1.807) is 23.1 Å². The number of nitrogens with zero attached hydrogens (tertiary/aromatic N) is 3. The summed E-state index contributed by atoms with van der Waals surface area (Å²) in [4.78, 5) is 45.7. The first-order chi connectivity index (χ1) is 18.7. The molecule has 9 nitrogen and oxygen atoms in total. The number of hydrogen-bond acceptors (Lipinski definition) is 5. The fourth-order valence-electron chi connectivity index (χ4n) is 4.83. The van der Waals surface area contributed by atoms with Gasteiger partial charge in [-0.05, 0) is 62.4 Å². The van der Waals surface area contributed by atoms with Gasteiger partial charge in [-0.3, -0.25) is 14.4 Å². The third kappa shape index (κ3) is 7.50. The van der Waals surface area contributed by atoms with Crippen molar-refractivity contribution in [3.63, 3.8) is 0 Å². The highest BCUT2D eigenvalue weighted by molar-refractivity contribution is 6.31. The Morgan fingerprint density at radius 2 is 1.97 bits per heavy atom. The summed E-state index contributed by atoms with van der Waals surface area (Å²) < 4.78 is 7.90. The molecule has 2 heterocycles. The Morgan fingerprint density at radius 1 is 1.18 bits per heavy atom. The molecule has 0 saturated carbocycles. The van der Waals surface area contributed by atoms with E-state index in [1.807, 2.05) is 35.8 Å². The lowest BCUT2D eigenvalue weighted by atomic mass is 10.0. The van der Waals surface area contributed by atoms with Crippen LogP contribution in [-0.2, 0) is 16.1 Å². The molecule has 0 radical (unpaired) electrons. The molecule has 3 aromatic rings. The summed E-state index contributed by atoms with van der Waals surface area (Å²) in [6, 6.07) is 12.3. The van der Waals surface area contributed by atoms with Gasteiger partial charge in [0.1, 0.15) is 24.7 Å². The molecule has 2 aromatic carbocycles. The zero-order valence-electron chi connectivity index (χ0n) is 22.7.